The number of carboxylic acids is 1. The summed E-state index contributed by atoms with van der Waals surface area (Å²) in [5.74, 6) is 0.900. The van der Waals surface area contributed by atoms with Gasteiger partial charge in [-0.2, -0.15) is 0 Å². The molecular formula is C17H25NO3. The number of hydrogen-bond donors (Lipinski definition) is 1. The van der Waals surface area contributed by atoms with E-state index in [-0.39, 0.29) is 6.42 Å². The van der Waals surface area contributed by atoms with E-state index in [1.807, 2.05) is 24.3 Å². The number of rotatable bonds is 7. The van der Waals surface area contributed by atoms with Crippen LogP contribution < -0.4 is 4.74 Å². The fourth-order valence-corrected chi connectivity index (χ4v) is 2.79. The molecule has 4 heteroatoms. The van der Waals surface area contributed by atoms with Crippen LogP contribution in [0.15, 0.2) is 24.3 Å². The Labute approximate surface area is 126 Å². The second-order valence-corrected chi connectivity index (χ2v) is 5.93. The third-order valence-corrected chi connectivity index (χ3v) is 3.97. The largest absolute Gasteiger partial charge is 0.492 e. The van der Waals surface area contributed by atoms with Gasteiger partial charge in [-0.1, -0.05) is 19.1 Å². The highest BCUT2D eigenvalue weighted by Gasteiger charge is 2.15. The fraction of sp³-hybridized carbons (Fsp3) is 0.588. The van der Waals surface area contributed by atoms with Gasteiger partial charge >= 0.3 is 5.97 Å². The predicted molar refractivity (Wildman–Crippen MR) is 82.7 cm³/mol. The maximum Gasteiger partial charge on any atom is 0.303 e. The molecule has 0 amide bonds. The van der Waals surface area contributed by atoms with Gasteiger partial charge in [-0.3, -0.25) is 9.69 Å². The molecule has 1 atom stereocenters. The average molecular weight is 291 g/mol. The number of ether oxygens (including phenoxy) is 1. The van der Waals surface area contributed by atoms with Crippen LogP contribution in [0.4, 0.5) is 0 Å². The van der Waals surface area contributed by atoms with Gasteiger partial charge in [0.25, 0.3) is 0 Å². The Hall–Kier alpha value is -1.55. The smallest absolute Gasteiger partial charge is 0.303 e. The van der Waals surface area contributed by atoms with Crippen LogP contribution in [-0.4, -0.2) is 42.2 Å². The van der Waals surface area contributed by atoms with Crippen LogP contribution in [0.1, 0.15) is 31.7 Å². The molecule has 0 aromatic heterocycles. The van der Waals surface area contributed by atoms with Crippen molar-refractivity contribution < 1.29 is 14.6 Å². The zero-order valence-corrected chi connectivity index (χ0v) is 12.8. The molecule has 1 unspecified atom stereocenters. The van der Waals surface area contributed by atoms with Crippen LogP contribution in [0.2, 0.25) is 0 Å². The van der Waals surface area contributed by atoms with E-state index < -0.39 is 5.97 Å². The zero-order chi connectivity index (χ0) is 15.1. The summed E-state index contributed by atoms with van der Waals surface area (Å²) in [7, 11) is 0. The molecule has 1 N–H and O–H groups in total. The van der Waals surface area contributed by atoms with Crippen LogP contribution in [0.5, 0.6) is 5.75 Å². The van der Waals surface area contributed by atoms with Crippen molar-refractivity contribution in [2.75, 3.05) is 26.2 Å². The molecule has 1 aromatic carbocycles. The number of likely N-dealkylation sites (tertiary alicyclic amines) is 1. The predicted octanol–water partition coefficient (Wildman–Crippen LogP) is 2.81. The van der Waals surface area contributed by atoms with Crippen molar-refractivity contribution in [3.63, 3.8) is 0 Å². The molecule has 1 aromatic rings. The molecule has 1 aliphatic heterocycles. The number of aryl methyl sites for hydroxylation is 1. The van der Waals surface area contributed by atoms with Gasteiger partial charge in [0.2, 0.25) is 0 Å². The summed E-state index contributed by atoms with van der Waals surface area (Å²) < 4.78 is 5.77. The van der Waals surface area contributed by atoms with E-state index in [0.717, 1.165) is 23.8 Å². The molecular weight excluding hydrogens is 266 g/mol. The molecule has 0 radical (unpaired) electrons. The standard InChI is InChI=1S/C17H25NO3/c1-14-3-2-10-18(13-14)11-12-21-16-7-4-15(5-8-16)6-9-17(19)20/h4-5,7-8,14H,2-3,6,9-13H2,1H3,(H,19,20). The monoisotopic (exact) mass is 291 g/mol. The second kappa shape index (κ2) is 8.03. The molecule has 0 saturated carbocycles. The van der Waals surface area contributed by atoms with Crippen molar-refractivity contribution in [3.8, 4) is 5.75 Å². The van der Waals surface area contributed by atoms with E-state index in [0.29, 0.717) is 13.0 Å². The minimum absolute atomic E-state index is 0.174. The van der Waals surface area contributed by atoms with Crippen LogP contribution >= 0.6 is 0 Å². The Morgan fingerprint density at radius 1 is 1.38 bits per heavy atom. The molecule has 21 heavy (non-hydrogen) atoms. The highest BCUT2D eigenvalue weighted by atomic mass is 16.5. The minimum Gasteiger partial charge on any atom is -0.492 e. The summed E-state index contributed by atoms with van der Waals surface area (Å²) >= 11 is 0. The second-order valence-electron chi connectivity index (χ2n) is 5.93. The van der Waals surface area contributed by atoms with E-state index in [2.05, 4.69) is 11.8 Å². The lowest BCUT2D eigenvalue weighted by molar-refractivity contribution is -0.136. The number of hydrogen-bond acceptors (Lipinski definition) is 3. The number of aliphatic carboxylic acids is 1. The van der Waals surface area contributed by atoms with Crippen molar-refractivity contribution in [2.45, 2.75) is 32.6 Å². The maximum absolute atomic E-state index is 10.5. The molecule has 1 fully saturated rings. The molecule has 2 rings (SSSR count). The van der Waals surface area contributed by atoms with E-state index >= 15 is 0 Å². The highest BCUT2D eigenvalue weighted by Crippen LogP contribution is 2.16. The lowest BCUT2D eigenvalue weighted by Gasteiger charge is -2.30. The van der Waals surface area contributed by atoms with Crippen molar-refractivity contribution in [1.29, 1.82) is 0 Å². The quantitative estimate of drug-likeness (QED) is 0.839. The van der Waals surface area contributed by atoms with Crippen molar-refractivity contribution in [3.05, 3.63) is 29.8 Å². The van der Waals surface area contributed by atoms with E-state index in [1.54, 1.807) is 0 Å². The number of carboxylic acid groups (broad SMARTS) is 1. The first-order chi connectivity index (χ1) is 10.1. The third-order valence-electron chi connectivity index (χ3n) is 3.97. The number of benzene rings is 1. The van der Waals surface area contributed by atoms with Gasteiger partial charge in [0.05, 0.1) is 0 Å². The minimum atomic E-state index is -0.758. The SMILES string of the molecule is CC1CCCN(CCOc2ccc(CCC(=O)O)cc2)C1. The Bertz CT molecular complexity index is 444. The Morgan fingerprint density at radius 2 is 2.14 bits per heavy atom. The topological polar surface area (TPSA) is 49.8 Å². The van der Waals surface area contributed by atoms with Crippen LogP contribution in [0.3, 0.4) is 0 Å². The third kappa shape index (κ3) is 5.76. The van der Waals surface area contributed by atoms with E-state index in [1.165, 1.54) is 25.9 Å². The van der Waals surface area contributed by atoms with Crippen LogP contribution in [0, 0.1) is 5.92 Å². The lowest BCUT2D eigenvalue weighted by atomic mass is 10.0. The van der Waals surface area contributed by atoms with Crippen molar-refractivity contribution in [2.24, 2.45) is 5.92 Å². The van der Waals surface area contributed by atoms with Gasteiger partial charge in [0, 0.05) is 19.5 Å². The van der Waals surface area contributed by atoms with E-state index in [4.69, 9.17) is 9.84 Å². The number of nitrogens with zero attached hydrogens (tertiary/aromatic N) is 1. The normalized spacial score (nSPS) is 19.4. The van der Waals surface area contributed by atoms with Crippen LogP contribution in [0.25, 0.3) is 0 Å². The summed E-state index contributed by atoms with van der Waals surface area (Å²) in [5, 5.41) is 8.66. The van der Waals surface area contributed by atoms with Gasteiger partial charge in [-0.15, -0.1) is 0 Å². The first-order valence-electron chi connectivity index (χ1n) is 7.79. The van der Waals surface area contributed by atoms with Gasteiger partial charge < -0.3 is 9.84 Å². The molecule has 1 aliphatic rings. The average Bonchev–Trinajstić information content (AvgIpc) is 2.46. The highest BCUT2D eigenvalue weighted by molar-refractivity contribution is 5.67. The Balaban J connectivity index is 1.69. The summed E-state index contributed by atoms with van der Waals surface area (Å²) in [5.41, 5.74) is 1.04. The van der Waals surface area contributed by atoms with Crippen molar-refractivity contribution >= 4 is 5.97 Å². The molecule has 0 bridgehead atoms. The van der Waals surface area contributed by atoms with Gasteiger partial charge in [0.1, 0.15) is 12.4 Å². The molecule has 0 aliphatic carbocycles. The summed E-state index contributed by atoms with van der Waals surface area (Å²) in [6.07, 6.45) is 3.38. The lowest BCUT2D eigenvalue weighted by Crippen LogP contribution is -2.37. The molecule has 116 valence electrons. The van der Waals surface area contributed by atoms with Crippen molar-refractivity contribution in [1.82, 2.24) is 4.90 Å². The maximum atomic E-state index is 10.5. The number of carbonyl (C=O) groups is 1. The molecule has 1 heterocycles. The number of piperidine rings is 1. The zero-order valence-electron chi connectivity index (χ0n) is 12.8. The first kappa shape index (κ1) is 15.8. The Kier molecular flexibility index (Phi) is 6.05. The van der Waals surface area contributed by atoms with Gasteiger partial charge in [-0.25, -0.2) is 0 Å². The summed E-state index contributed by atoms with van der Waals surface area (Å²) in [6, 6.07) is 7.74. The summed E-state index contributed by atoms with van der Waals surface area (Å²) in [6.45, 7) is 6.36. The first-order valence-corrected chi connectivity index (χ1v) is 7.79. The Morgan fingerprint density at radius 3 is 2.81 bits per heavy atom. The van der Waals surface area contributed by atoms with Gasteiger partial charge in [0.15, 0.2) is 0 Å². The van der Waals surface area contributed by atoms with Gasteiger partial charge in [-0.05, 0) is 49.4 Å². The molecule has 0 spiro atoms. The molecule has 1 saturated heterocycles. The van der Waals surface area contributed by atoms with E-state index in [9.17, 15) is 4.79 Å². The molecule has 4 nitrogen and oxygen atoms in total. The van der Waals surface area contributed by atoms with Crippen LogP contribution in [-0.2, 0) is 11.2 Å². The fourth-order valence-electron chi connectivity index (χ4n) is 2.79. The summed E-state index contributed by atoms with van der Waals surface area (Å²) in [4.78, 5) is 13.0.